The van der Waals surface area contributed by atoms with Gasteiger partial charge in [0, 0.05) is 25.0 Å². The van der Waals surface area contributed by atoms with Gasteiger partial charge in [-0.3, -0.25) is 9.69 Å². The summed E-state index contributed by atoms with van der Waals surface area (Å²) in [5.41, 5.74) is 6.28. The molecule has 1 saturated heterocycles. The highest BCUT2D eigenvalue weighted by Crippen LogP contribution is 2.38. The Morgan fingerprint density at radius 2 is 2.05 bits per heavy atom. The van der Waals surface area contributed by atoms with Gasteiger partial charge in [0.15, 0.2) is 0 Å². The van der Waals surface area contributed by atoms with Gasteiger partial charge in [0.05, 0.1) is 25.1 Å². The largest absolute Gasteiger partial charge is 0.384 e. The van der Waals surface area contributed by atoms with Crippen LogP contribution in [0.4, 0.5) is 11.5 Å². The molecule has 2 fully saturated rings. The summed E-state index contributed by atoms with van der Waals surface area (Å²) >= 11 is 0. The van der Waals surface area contributed by atoms with Gasteiger partial charge >= 0.3 is 0 Å². The number of morpholine rings is 1. The first kappa shape index (κ1) is 15.2. The topological polar surface area (TPSA) is 80.5 Å². The maximum atomic E-state index is 12.5. The van der Waals surface area contributed by atoms with Crippen LogP contribution in [-0.4, -0.2) is 47.6 Å². The summed E-state index contributed by atoms with van der Waals surface area (Å²) < 4.78 is 5.45. The van der Waals surface area contributed by atoms with Crippen molar-refractivity contribution in [3.63, 3.8) is 0 Å². The highest BCUT2D eigenvalue weighted by atomic mass is 16.5. The molecule has 6 heteroatoms. The molecule has 0 aromatic carbocycles. The van der Waals surface area contributed by atoms with E-state index in [1.807, 2.05) is 0 Å². The summed E-state index contributed by atoms with van der Waals surface area (Å²) in [5.74, 6) is 0.513. The molecule has 120 valence electrons. The molecule has 0 spiro atoms. The van der Waals surface area contributed by atoms with Gasteiger partial charge in [0.2, 0.25) is 5.91 Å². The number of carbonyl (C=O) groups excluding carboxylic acids is 1. The number of pyridine rings is 1. The van der Waals surface area contributed by atoms with E-state index in [4.69, 9.17) is 10.5 Å². The van der Waals surface area contributed by atoms with E-state index in [0.717, 1.165) is 39.1 Å². The summed E-state index contributed by atoms with van der Waals surface area (Å²) in [6.07, 6.45) is 6.74. The van der Waals surface area contributed by atoms with Crippen LogP contribution in [0.5, 0.6) is 0 Å². The molecule has 3 rings (SSSR count). The molecular formula is C16H24N4O2. The van der Waals surface area contributed by atoms with Crippen LogP contribution < -0.4 is 11.1 Å². The van der Waals surface area contributed by atoms with Crippen LogP contribution in [0.2, 0.25) is 0 Å². The van der Waals surface area contributed by atoms with Crippen LogP contribution in [0.25, 0.3) is 0 Å². The van der Waals surface area contributed by atoms with E-state index in [2.05, 4.69) is 15.2 Å². The SMILES string of the molecule is Nc1ccc(NC(=O)CC2(N3CCOCC3)CCCC2)cn1. The number of hydrogen-bond donors (Lipinski definition) is 2. The van der Waals surface area contributed by atoms with E-state index in [1.54, 1.807) is 18.3 Å². The van der Waals surface area contributed by atoms with Gasteiger partial charge in [-0.15, -0.1) is 0 Å². The number of anilines is 2. The smallest absolute Gasteiger partial charge is 0.226 e. The Kier molecular flexibility index (Phi) is 4.59. The number of rotatable bonds is 4. The van der Waals surface area contributed by atoms with Crippen LogP contribution >= 0.6 is 0 Å². The minimum absolute atomic E-state index is 0.00903. The zero-order valence-corrected chi connectivity index (χ0v) is 12.9. The molecule has 1 aliphatic carbocycles. The lowest BCUT2D eigenvalue weighted by atomic mass is 9.90. The molecule has 0 bridgehead atoms. The Bertz CT molecular complexity index is 505. The highest BCUT2D eigenvalue weighted by Gasteiger charge is 2.41. The second-order valence-electron chi connectivity index (χ2n) is 6.23. The van der Waals surface area contributed by atoms with Gasteiger partial charge in [-0.1, -0.05) is 12.8 Å². The molecule has 1 saturated carbocycles. The van der Waals surface area contributed by atoms with E-state index in [0.29, 0.717) is 17.9 Å². The molecule has 2 aliphatic rings. The van der Waals surface area contributed by atoms with E-state index in [9.17, 15) is 4.79 Å². The minimum Gasteiger partial charge on any atom is -0.384 e. The molecule has 2 heterocycles. The van der Waals surface area contributed by atoms with Gasteiger partial charge in [0.1, 0.15) is 5.82 Å². The van der Waals surface area contributed by atoms with Gasteiger partial charge in [-0.05, 0) is 25.0 Å². The quantitative estimate of drug-likeness (QED) is 0.884. The molecule has 0 atom stereocenters. The van der Waals surface area contributed by atoms with E-state index < -0.39 is 0 Å². The molecule has 22 heavy (non-hydrogen) atoms. The predicted octanol–water partition coefficient (Wildman–Crippen LogP) is 1.64. The standard InChI is InChI=1S/C16H24N4O2/c17-14-4-3-13(12-18-14)19-15(21)11-16(5-1-2-6-16)20-7-9-22-10-8-20/h3-4,12H,1-2,5-11H2,(H2,17,18)(H,19,21). The lowest BCUT2D eigenvalue weighted by Gasteiger charge is -2.43. The fraction of sp³-hybridized carbons (Fsp3) is 0.625. The third-order valence-electron chi connectivity index (χ3n) is 4.78. The Hall–Kier alpha value is -1.66. The number of carbonyl (C=O) groups is 1. The third-order valence-corrected chi connectivity index (χ3v) is 4.78. The maximum absolute atomic E-state index is 12.5. The number of amides is 1. The lowest BCUT2D eigenvalue weighted by Crippen LogP contribution is -2.53. The second kappa shape index (κ2) is 6.62. The van der Waals surface area contributed by atoms with Crippen LogP contribution in [0.1, 0.15) is 32.1 Å². The van der Waals surface area contributed by atoms with E-state index in [1.165, 1.54) is 12.8 Å². The van der Waals surface area contributed by atoms with Crippen molar-refractivity contribution in [2.75, 3.05) is 37.4 Å². The number of nitrogens with one attached hydrogen (secondary N) is 1. The van der Waals surface area contributed by atoms with Crippen molar-refractivity contribution in [1.82, 2.24) is 9.88 Å². The predicted molar refractivity (Wildman–Crippen MR) is 85.5 cm³/mol. The Morgan fingerprint density at radius 1 is 1.32 bits per heavy atom. The van der Waals surface area contributed by atoms with Crippen LogP contribution in [-0.2, 0) is 9.53 Å². The molecule has 1 aromatic heterocycles. The number of ether oxygens (including phenoxy) is 1. The normalized spacial score (nSPS) is 21.6. The summed E-state index contributed by atoms with van der Waals surface area (Å²) in [7, 11) is 0. The van der Waals surface area contributed by atoms with Gasteiger partial charge in [-0.25, -0.2) is 4.98 Å². The zero-order chi connectivity index (χ0) is 15.4. The number of nitrogens with zero attached hydrogens (tertiary/aromatic N) is 2. The first-order valence-electron chi connectivity index (χ1n) is 8.02. The first-order chi connectivity index (χ1) is 10.7. The van der Waals surface area contributed by atoms with Crippen molar-refractivity contribution >= 4 is 17.4 Å². The lowest BCUT2D eigenvalue weighted by molar-refractivity contribution is -0.120. The Morgan fingerprint density at radius 3 is 2.68 bits per heavy atom. The third kappa shape index (κ3) is 3.39. The molecular weight excluding hydrogens is 280 g/mol. The number of nitrogen functional groups attached to an aromatic ring is 1. The minimum atomic E-state index is 0.00903. The number of hydrogen-bond acceptors (Lipinski definition) is 5. The van der Waals surface area contributed by atoms with Gasteiger partial charge in [0.25, 0.3) is 0 Å². The molecule has 6 nitrogen and oxygen atoms in total. The van der Waals surface area contributed by atoms with Crippen molar-refractivity contribution in [2.45, 2.75) is 37.6 Å². The van der Waals surface area contributed by atoms with Gasteiger partial charge in [-0.2, -0.15) is 0 Å². The average Bonchev–Trinajstić information content (AvgIpc) is 3.00. The molecule has 1 aliphatic heterocycles. The van der Waals surface area contributed by atoms with E-state index in [-0.39, 0.29) is 11.4 Å². The zero-order valence-electron chi connectivity index (χ0n) is 12.9. The van der Waals surface area contributed by atoms with Crippen LogP contribution in [0.15, 0.2) is 18.3 Å². The second-order valence-corrected chi connectivity index (χ2v) is 6.23. The maximum Gasteiger partial charge on any atom is 0.226 e. The first-order valence-corrected chi connectivity index (χ1v) is 8.02. The number of nitrogens with two attached hydrogens (primary N) is 1. The molecule has 3 N–H and O–H groups in total. The van der Waals surface area contributed by atoms with E-state index >= 15 is 0 Å². The van der Waals surface area contributed by atoms with Crippen molar-refractivity contribution in [1.29, 1.82) is 0 Å². The number of aromatic nitrogens is 1. The van der Waals surface area contributed by atoms with Gasteiger partial charge < -0.3 is 15.8 Å². The Labute approximate surface area is 131 Å². The molecule has 1 aromatic rings. The molecule has 1 amide bonds. The summed E-state index contributed by atoms with van der Waals surface area (Å²) in [6.45, 7) is 3.39. The Balaban J connectivity index is 1.65. The summed E-state index contributed by atoms with van der Waals surface area (Å²) in [5, 5.41) is 2.94. The average molecular weight is 304 g/mol. The molecule has 0 unspecified atom stereocenters. The van der Waals surface area contributed by atoms with Crippen molar-refractivity contribution < 1.29 is 9.53 Å². The molecule has 0 radical (unpaired) electrons. The fourth-order valence-corrected chi connectivity index (χ4v) is 3.66. The van der Waals surface area contributed by atoms with Crippen molar-refractivity contribution in [3.05, 3.63) is 18.3 Å². The summed E-state index contributed by atoms with van der Waals surface area (Å²) in [6, 6.07) is 3.49. The summed E-state index contributed by atoms with van der Waals surface area (Å²) in [4.78, 5) is 18.9. The van der Waals surface area contributed by atoms with Crippen molar-refractivity contribution in [3.8, 4) is 0 Å². The fourth-order valence-electron chi connectivity index (χ4n) is 3.66. The highest BCUT2D eigenvalue weighted by molar-refractivity contribution is 5.91. The van der Waals surface area contributed by atoms with Crippen molar-refractivity contribution in [2.24, 2.45) is 0 Å². The van der Waals surface area contributed by atoms with Crippen LogP contribution in [0.3, 0.4) is 0 Å². The van der Waals surface area contributed by atoms with Crippen LogP contribution in [0, 0.1) is 0 Å². The monoisotopic (exact) mass is 304 g/mol.